The first-order chi connectivity index (χ1) is 27.5. The van der Waals surface area contributed by atoms with E-state index in [9.17, 15) is 19.4 Å². The van der Waals surface area contributed by atoms with Gasteiger partial charge in [-0.3, -0.25) is 13.8 Å². The van der Waals surface area contributed by atoms with E-state index in [-0.39, 0.29) is 19.1 Å². The van der Waals surface area contributed by atoms with Crippen LogP contribution in [0.1, 0.15) is 239 Å². The van der Waals surface area contributed by atoms with Crippen LogP contribution in [-0.2, 0) is 18.4 Å². The Kier molecular flexibility index (Phi) is 40.1. The molecule has 0 aliphatic carbocycles. The highest BCUT2D eigenvalue weighted by atomic mass is 31.2. The number of rotatable bonds is 45. The fraction of sp³-hybridized carbons (Fsp3) is 0.938. The lowest BCUT2D eigenvalue weighted by molar-refractivity contribution is -0.870. The number of hydrogen-bond acceptors (Lipinski definition) is 5. The van der Waals surface area contributed by atoms with Crippen LogP contribution in [-0.4, -0.2) is 73.4 Å². The van der Waals surface area contributed by atoms with Gasteiger partial charge in [0.2, 0.25) is 5.91 Å². The summed E-state index contributed by atoms with van der Waals surface area (Å²) in [5, 5.41) is 14.0. The van der Waals surface area contributed by atoms with Crippen molar-refractivity contribution in [2.45, 2.75) is 251 Å². The first-order valence-electron chi connectivity index (χ1n) is 24.6. The molecule has 9 heteroatoms. The van der Waals surface area contributed by atoms with E-state index in [1.807, 2.05) is 21.1 Å². The van der Waals surface area contributed by atoms with Gasteiger partial charge in [-0.25, -0.2) is 4.57 Å². The maximum atomic E-state index is 12.9. The molecule has 0 rings (SSSR count). The maximum Gasteiger partial charge on any atom is 0.472 e. The summed E-state index contributed by atoms with van der Waals surface area (Å²) in [7, 11) is 1.62. The number of quaternary nitrogens is 1. The molecule has 3 atom stereocenters. The average molecular weight is 830 g/mol. The molecule has 0 aliphatic rings. The molecule has 3 N–H and O–H groups in total. The second-order valence-electron chi connectivity index (χ2n) is 18.2. The van der Waals surface area contributed by atoms with Crippen molar-refractivity contribution in [2.75, 3.05) is 40.9 Å². The zero-order valence-corrected chi connectivity index (χ0v) is 39.5. The van der Waals surface area contributed by atoms with E-state index >= 15 is 0 Å². The summed E-state index contributed by atoms with van der Waals surface area (Å²) in [6, 6.07) is -0.756. The molecule has 1 unspecified atom stereocenters. The minimum absolute atomic E-state index is 0.0768. The number of carbonyl (C=O) groups excluding carboxylic acids is 1. The van der Waals surface area contributed by atoms with Gasteiger partial charge in [-0.2, -0.15) is 0 Å². The highest BCUT2D eigenvalue weighted by Crippen LogP contribution is 2.43. The Bertz CT molecular complexity index is 942. The molecule has 1 amide bonds. The van der Waals surface area contributed by atoms with Crippen molar-refractivity contribution >= 4 is 13.7 Å². The second-order valence-corrected chi connectivity index (χ2v) is 19.6. The van der Waals surface area contributed by atoms with Gasteiger partial charge >= 0.3 is 7.82 Å². The minimum atomic E-state index is -4.31. The summed E-state index contributed by atoms with van der Waals surface area (Å²) in [4.78, 5) is 23.2. The van der Waals surface area contributed by atoms with Crippen LogP contribution in [0.2, 0.25) is 0 Å². The van der Waals surface area contributed by atoms with Crippen LogP contribution in [0.5, 0.6) is 0 Å². The number of nitrogens with one attached hydrogen (secondary N) is 1. The molecule has 0 saturated carbocycles. The third-order valence-electron chi connectivity index (χ3n) is 11.3. The summed E-state index contributed by atoms with van der Waals surface area (Å²) in [5.41, 5.74) is 0. The number of amides is 1. The first-order valence-corrected chi connectivity index (χ1v) is 26.0. The largest absolute Gasteiger partial charge is 0.472 e. The molecule has 0 aliphatic heterocycles. The molecule has 0 aromatic carbocycles. The van der Waals surface area contributed by atoms with Crippen molar-refractivity contribution in [3.63, 3.8) is 0 Å². The number of aliphatic hydroxyl groups is 1. The van der Waals surface area contributed by atoms with Crippen LogP contribution < -0.4 is 5.32 Å². The van der Waals surface area contributed by atoms with Gasteiger partial charge < -0.3 is 19.8 Å². The average Bonchev–Trinajstić information content (AvgIpc) is 3.16. The maximum absolute atomic E-state index is 12.9. The van der Waals surface area contributed by atoms with Gasteiger partial charge in [0.25, 0.3) is 0 Å². The number of carbonyl (C=O) groups is 1. The predicted octanol–water partition coefficient (Wildman–Crippen LogP) is 13.9. The summed E-state index contributed by atoms with van der Waals surface area (Å²) >= 11 is 0. The molecule has 0 fully saturated rings. The molecule has 0 aromatic rings. The third kappa shape index (κ3) is 43.1. The van der Waals surface area contributed by atoms with Gasteiger partial charge in [-0.1, -0.05) is 206 Å². The van der Waals surface area contributed by atoms with Gasteiger partial charge in [-0.15, -0.1) is 0 Å². The highest BCUT2D eigenvalue weighted by Gasteiger charge is 2.28. The molecule has 0 saturated heterocycles. The summed E-state index contributed by atoms with van der Waals surface area (Å²) in [5.74, 6) is -0.143. The lowest BCUT2D eigenvalue weighted by atomic mass is 10.0. The van der Waals surface area contributed by atoms with E-state index in [1.165, 1.54) is 173 Å². The van der Waals surface area contributed by atoms with E-state index in [1.54, 1.807) is 0 Å². The van der Waals surface area contributed by atoms with E-state index in [0.717, 1.165) is 38.5 Å². The van der Waals surface area contributed by atoms with E-state index in [0.29, 0.717) is 23.9 Å². The van der Waals surface area contributed by atoms with Crippen molar-refractivity contribution in [1.29, 1.82) is 0 Å². The Balaban J connectivity index is 4.24. The standard InChI is InChI=1S/C48H97N2O6P/c1-6-8-10-12-14-16-18-20-22-23-24-25-26-27-28-30-32-34-36-38-40-42-48(52)49-46(45-56-57(53,54)55-44-43-50(3,4)5)47(51)41-39-37-35-33-31-29-21-19-17-15-13-11-9-7-2/h20,22,46-47,51H,6-19,21,23-45H2,1-5H3,(H-,49,52,53,54)/p+1/b22-20+/t46-,47+/m0/s1. The zero-order valence-electron chi connectivity index (χ0n) is 38.6. The number of unbranched alkanes of at least 4 members (excludes halogenated alkanes) is 30. The summed E-state index contributed by atoms with van der Waals surface area (Å²) in [6.07, 6.45) is 46.7. The number of aliphatic hydroxyl groups excluding tert-OH is 1. The number of hydrogen-bond donors (Lipinski definition) is 3. The Morgan fingerprint density at radius 1 is 0.579 bits per heavy atom. The second kappa shape index (κ2) is 40.6. The molecule has 340 valence electrons. The minimum Gasteiger partial charge on any atom is -0.391 e. The molecule has 0 radical (unpaired) electrons. The topological polar surface area (TPSA) is 105 Å². The van der Waals surface area contributed by atoms with Crippen LogP contribution in [0.25, 0.3) is 0 Å². The molecule has 0 heterocycles. The van der Waals surface area contributed by atoms with Crippen molar-refractivity contribution < 1.29 is 32.9 Å². The molecule has 8 nitrogen and oxygen atoms in total. The van der Waals surface area contributed by atoms with Crippen LogP contribution in [0.4, 0.5) is 0 Å². The quantitative estimate of drug-likeness (QED) is 0.0244. The number of likely N-dealkylation sites (N-methyl/N-ethyl adjacent to an activating group) is 1. The molecule has 0 bridgehead atoms. The number of phosphoric acid groups is 1. The zero-order chi connectivity index (χ0) is 42.1. The van der Waals surface area contributed by atoms with Crippen molar-refractivity contribution in [2.24, 2.45) is 0 Å². The highest BCUT2D eigenvalue weighted by molar-refractivity contribution is 7.47. The third-order valence-corrected chi connectivity index (χ3v) is 12.2. The van der Waals surface area contributed by atoms with E-state index in [2.05, 4.69) is 31.3 Å². The predicted molar refractivity (Wildman–Crippen MR) is 245 cm³/mol. The smallest absolute Gasteiger partial charge is 0.391 e. The Labute approximate surface area is 354 Å². The van der Waals surface area contributed by atoms with Crippen LogP contribution in [0.3, 0.4) is 0 Å². The lowest BCUT2D eigenvalue weighted by Crippen LogP contribution is -2.46. The molecular formula is C48H98N2O6P+. The Hall–Kier alpha value is -0.760. The Morgan fingerprint density at radius 2 is 0.947 bits per heavy atom. The summed E-state index contributed by atoms with van der Waals surface area (Å²) in [6.45, 7) is 4.90. The Morgan fingerprint density at radius 3 is 1.35 bits per heavy atom. The lowest BCUT2D eigenvalue weighted by Gasteiger charge is -2.26. The SMILES string of the molecule is CCCCCCCC/C=C/CCCCCCCCCCCCCC(=O)N[C@@H](COP(=O)(O)OCC[N+](C)(C)C)[C@H](O)CCCCCCCCCCCCCCCC. The monoisotopic (exact) mass is 830 g/mol. The molecule has 57 heavy (non-hydrogen) atoms. The van der Waals surface area contributed by atoms with Gasteiger partial charge in [0.05, 0.1) is 39.9 Å². The molecule has 0 aromatic heterocycles. The van der Waals surface area contributed by atoms with E-state index < -0.39 is 20.0 Å². The van der Waals surface area contributed by atoms with Crippen molar-refractivity contribution in [3.05, 3.63) is 12.2 Å². The number of allylic oxidation sites excluding steroid dienone is 2. The molecule has 0 spiro atoms. The first kappa shape index (κ1) is 56.2. The van der Waals surface area contributed by atoms with Crippen LogP contribution in [0, 0.1) is 0 Å². The van der Waals surface area contributed by atoms with Crippen molar-refractivity contribution in [1.82, 2.24) is 5.32 Å². The van der Waals surface area contributed by atoms with Gasteiger partial charge in [0, 0.05) is 6.42 Å². The van der Waals surface area contributed by atoms with Crippen molar-refractivity contribution in [3.8, 4) is 0 Å². The van der Waals surface area contributed by atoms with Gasteiger partial charge in [0.15, 0.2) is 0 Å². The van der Waals surface area contributed by atoms with Gasteiger partial charge in [-0.05, 0) is 38.5 Å². The molecular weight excluding hydrogens is 732 g/mol. The number of phosphoric ester groups is 1. The fourth-order valence-corrected chi connectivity index (χ4v) is 8.07. The number of nitrogens with zero attached hydrogens (tertiary/aromatic N) is 1. The fourth-order valence-electron chi connectivity index (χ4n) is 7.34. The van der Waals surface area contributed by atoms with Crippen LogP contribution in [0.15, 0.2) is 12.2 Å². The normalized spacial score (nSPS) is 14.3. The summed E-state index contributed by atoms with van der Waals surface area (Å²) < 4.78 is 23.7. The van der Waals surface area contributed by atoms with Gasteiger partial charge in [0.1, 0.15) is 13.2 Å². The van der Waals surface area contributed by atoms with E-state index in [4.69, 9.17) is 9.05 Å². The van der Waals surface area contributed by atoms with Crippen LogP contribution >= 0.6 is 7.82 Å².